The summed E-state index contributed by atoms with van der Waals surface area (Å²) < 4.78 is 1.28. The predicted octanol–water partition coefficient (Wildman–Crippen LogP) is -1.50. The number of primary amides is 1. The molecule has 0 aliphatic rings. The van der Waals surface area contributed by atoms with Crippen LogP contribution in [-0.4, -0.2) is 20.9 Å². The molecule has 0 bridgehead atoms. The smallest absolute Gasteiger partial charge is 0.273 e. The Labute approximate surface area is 56.8 Å². The fourth-order valence-corrected chi connectivity index (χ4v) is 0.540. The number of carbonyl (C=O) groups is 1. The largest absolute Gasteiger partial charge is 0.382 e. The average Bonchev–Trinajstić information content (AvgIpc) is 2.14. The molecule has 1 aromatic rings. The maximum atomic E-state index is 10.5. The van der Waals surface area contributed by atoms with E-state index in [2.05, 4.69) is 10.3 Å². The maximum Gasteiger partial charge on any atom is 0.273 e. The van der Waals surface area contributed by atoms with Gasteiger partial charge in [-0.05, 0) is 0 Å². The van der Waals surface area contributed by atoms with Crippen molar-refractivity contribution >= 4 is 11.7 Å². The number of amides is 1. The number of carbonyl (C=O) groups excluding carboxylic acids is 1. The topological polar surface area (TPSA) is 99.8 Å². The second kappa shape index (κ2) is 1.98. The molecule has 0 aliphatic heterocycles. The molecule has 1 aromatic heterocycles. The molecule has 10 heavy (non-hydrogen) atoms. The summed E-state index contributed by atoms with van der Waals surface area (Å²) in [6.45, 7) is 0. The van der Waals surface area contributed by atoms with E-state index >= 15 is 0 Å². The van der Waals surface area contributed by atoms with E-state index in [1.165, 1.54) is 4.68 Å². The number of hydrogen-bond acceptors (Lipinski definition) is 4. The third-order valence-electron chi connectivity index (χ3n) is 1.10. The Morgan fingerprint density at radius 3 is 2.50 bits per heavy atom. The van der Waals surface area contributed by atoms with Gasteiger partial charge in [0.25, 0.3) is 5.91 Å². The highest BCUT2D eigenvalue weighted by atomic mass is 16.1. The zero-order chi connectivity index (χ0) is 7.72. The van der Waals surface area contributed by atoms with Crippen molar-refractivity contribution in [3.05, 3.63) is 5.69 Å². The first-order chi connectivity index (χ1) is 4.63. The summed E-state index contributed by atoms with van der Waals surface area (Å²) in [5.74, 6) is -0.474. The maximum absolute atomic E-state index is 10.5. The van der Waals surface area contributed by atoms with Gasteiger partial charge in [0.15, 0.2) is 11.5 Å². The number of aryl methyl sites for hydroxylation is 1. The van der Waals surface area contributed by atoms with E-state index in [4.69, 9.17) is 11.5 Å². The quantitative estimate of drug-likeness (QED) is 0.496. The first-order valence-corrected chi connectivity index (χ1v) is 2.58. The van der Waals surface area contributed by atoms with Crippen molar-refractivity contribution in [1.82, 2.24) is 15.0 Å². The van der Waals surface area contributed by atoms with Crippen molar-refractivity contribution in [1.29, 1.82) is 0 Å². The number of nitrogens with zero attached hydrogens (tertiary/aromatic N) is 3. The summed E-state index contributed by atoms with van der Waals surface area (Å²) >= 11 is 0. The van der Waals surface area contributed by atoms with Gasteiger partial charge in [-0.25, -0.2) is 4.68 Å². The molecule has 6 nitrogen and oxygen atoms in total. The highest BCUT2D eigenvalue weighted by molar-refractivity contribution is 5.94. The fourth-order valence-electron chi connectivity index (χ4n) is 0.540. The van der Waals surface area contributed by atoms with Gasteiger partial charge >= 0.3 is 0 Å². The van der Waals surface area contributed by atoms with Gasteiger partial charge in [-0.1, -0.05) is 5.21 Å². The monoisotopic (exact) mass is 141 g/mol. The Hall–Kier alpha value is -1.59. The Balaban J connectivity index is 3.17. The van der Waals surface area contributed by atoms with E-state index in [0.29, 0.717) is 0 Å². The highest BCUT2D eigenvalue weighted by Crippen LogP contribution is 2.02. The van der Waals surface area contributed by atoms with Crippen molar-refractivity contribution in [2.24, 2.45) is 12.8 Å². The Kier molecular flexibility index (Phi) is 1.29. The zero-order valence-electron chi connectivity index (χ0n) is 5.40. The van der Waals surface area contributed by atoms with Gasteiger partial charge in [0.2, 0.25) is 0 Å². The molecule has 0 fully saturated rings. The Bertz CT molecular complexity index is 265. The van der Waals surface area contributed by atoms with Crippen LogP contribution in [-0.2, 0) is 7.05 Å². The molecular weight excluding hydrogens is 134 g/mol. The second-order valence-electron chi connectivity index (χ2n) is 1.81. The first-order valence-electron chi connectivity index (χ1n) is 2.58. The van der Waals surface area contributed by atoms with Gasteiger partial charge < -0.3 is 11.5 Å². The van der Waals surface area contributed by atoms with Crippen LogP contribution in [0, 0.1) is 0 Å². The number of hydrogen-bond donors (Lipinski definition) is 2. The van der Waals surface area contributed by atoms with Crippen LogP contribution in [0.4, 0.5) is 5.82 Å². The fraction of sp³-hybridized carbons (Fsp3) is 0.250. The lowest BCUT2D eigenvalue weighted by Gasteiger charge is -1.90. The van der Waals surface area contributed by atoms with Crippen LogP contribution in [0.25, 0.3) is 0 Å². The molecule has 1 amide bonds. The van der Waals surface area contributed by atoms with E-state index in [-0.39, 0.29) is 11.5 Å². The molecule has 0 spiro atoms. The minimum absolute atomic E-state index is 0.0162. The number of nitrogens with two attached hydrogens (primary N) is 2. The van der Waals surface area contributed by atoms with Gasteiger partial charge in [-0.2, -0.15) is 0 Å². The van der Waals surface area contributed by atoms with E-state index in [1.807, 2.05) is 0 Å². The Morgan fingerprint density at radius 1 is 1.70 bits per heavy atom. The number of nitrogen functional groups attached to an aromatic ring is 1. The normalized spacial score (nSPS) is 9.70. The predicted molar refractivity (Wildman–Crippen MR) is 33.9 cm³/mol. The minimum Gasteiger partial charge on any atom is -0.382 e. The number of rotatable bonds is 1. The zero-order valence-corrected chi connectivity index (χ0v) is 5.40. The third kappa shape index (κ3) is 0.790. The van der Waals surface area contributed by atoms with E-state index in [0.717, 1.165) is 0 Å². The van der Waals surface area contributed by atoms with Crippen molar-refractivity contribution < 1.29 is 4.79 Å². The lowest BCUT2D eigenvalue weighted by atomic mass is 10.4. The Morgan fingerprint density at radius 2 is 2.30 bits per heavy atom. The van der Waals surface area contributed by atoms with Gasteiger partial charge in [-0.15, -0.1) is 5.10 Å². The van der Waals surface area contributed by atoms with Crippen LogP contribution in [0.5, 0.6) is 0 Å². The average molecular weight is 141 g/mol. The van der Waals surface area contributed by atoms with E-state index in [1.54, 1.807) is 7.05 Å². The summed E-state index contributed by atoms with van der Waals surface area (Å²) in [6.07, 6.45) is 0. The number of aromatic nitrogens is 3. The highest BCUT2D eigenvalue weighted by Gasteiger charge is 2.10. The molecular formula is C4H7N5O. The summed E-state index contributed by atoms with van der Waals surface area (Å²) in [6, 6.07) is 0. The molecule has 54 valence electrons. The molecule has 1 rings (SSSR count). The van der Waals surface area contributed by atoms with Crippen LogP contribution in [0.3, 0.4) is 0 Å². The molecule has 0 saturated carbocycles. The third-order valence-corrected chi connectivity index (χ3v) is 1.10. The first kappa shape index (κ1) is 6.53. The molecule has 0 saturated heterocycles. The molecule has 0 aromatic carbocycles. The van der Waals surface area contributed by atoms with Crippen molar-refractivity contribution in [3.8, 4) is 0 Å². The molecule has 1 heterocycles. The second-order valence-corrected chi connectivity index (χ2v) is 1.81. The van der Waals surface area contributed by atoms with Crippen LogP contribution in [0.15, 0.2) is 0 Å². The molecule has 0 atom stereocenters. The summed E-state index contributed by atoms with van der Waals surface area (Å²) in [5.41, 5.74) is 10.2. The number of anilines is 1. The molecule has 0 aliphatic carbocycles. The lowest BCUT2D eigenvalue weighted by molar-refractivity contribution is 0.0996. The van der Waals surface area contributed by atoms with Crippen LogP contribution >= 0.6 is 0 Å². The van der Waals surface area contributed by atoms with Gasteiger partial charge in [0.05, 0.1) is 0 Å². The molecule has 0 unspecified atom stereocenters. The van der Waals surface area contributed by atoms with Gasteiger partial charge in [0, 0.05) is 7.05 Å². The van der Waals surface area contributed by atoms with Crippen LogP contribution in [0.2, 0.25) is 0 Å². The van der Waals surface area contributed by atoms with Crippen LogP contribution in [0.1, 0.15) is 10.5 Å². The molecule has 6 heteroatoms. The van der Waals surface area contributed by atoms with Crippen LogP contribution < -0.4 is 11.5 Å². The SMILES string of the molecule is Cn1nnc(C(N)=O)c1N. The van der Waals surface area contributed by atoms with E-state index in [9.17, 15) is 4.79 Å². The van der Waals surface area contributed by atoms with Crippen molar-refractivity contribution in [2.45, 2.75) is 0 Å². The minimum atomic E-state index is -0.661. The van der Waals surface area contributed by atoms with Gasteiger partial charge in [0.1, 0.15) is 0 Å². The van der Waals surface area contributed by atoms with Crippen molar-refractivity contribution in [3.63, 3.8) is 0 Å². The summed E-state index contributed by atoms with van der Waals surface area (Å²) in [4.78, 5) is 10.5. The molecule has 0 radical (unpaired) electrons. The standard InChI is InChI=1S/C4H7N5O/c1-9-3(5)2(4(6)10)7-8-9/h5H2,1H3,(H2,6,10). The molecule has 4 N–H and O–H groups in total. The summed E-state index contributed by atoms with van der Waals surface area (Å²) in [7, 11) is 1.58. The van der Waals surface area contributed by atoms with Crippen molar-refractivity contribution in [2.75, 3.05) is 5.73 Å². The van der Waals surface area contributed by atoms with Gasteiger partial charge in [-0.3, -0.25) is 4.79 Å². The summed E-state index contributed by atoms with van der Waals surface area (Å²) in [5, 5.41) is 6.91. The lowest BCUT2D eigenvalue weighted by Crippen LogP contribution is -2.14. The van der Waals surface area contributed by atoms with E-state index < -0.39 is 5.91 Å².